The Morgan fingerprint density at radius 3 is 2.80 bits per heavy atom. The van der Waals surface area contributed by atoms with Crippen LogP contribution in [0.5, 0.6) is 0 Å². The molecule has 0 bridgehead atoms. The molecule has 2 aromatic heterocycles. The van der Waals surface area contributed by atoms with Gasteiger partial charge in [0.25, 0.3) is 6.01 Å². The smallest absolute Gasteiger partial charge is 0.298 e. The van der Waals surface area contributed by atoms with Gasteiger partial charge in [-0.3, -0.25) is 0 Å². The summed E-state index contributed by atoms with van der Waals surface area (Å²) >= 11 is 0. The number of hydrogen-bond donors (Lipinski definition) is 0. The molecule has 1 aliphatic rings. The Bertz CT molecular complexity index is 894. The van der Waals surface area contributed by atoms with Crippen molar-refractivity contribution >= 4 is 17.1 Å². The van der Waals surface area contributed by atoms with Gasteiger partial charge in [0, 0.05) is 13.6 Å². The Kier molecular flexibility index (Phi) is 3.72. The van der Waals surface area contributed by atoms with Crippen molar-refractivity contribution in [1.82, 2.24) is 25.2 Å². The van der Waals surface area contributed by atoms with Crippen molar-refractivity contribution in [3.8, 4) is 0 Å². The zero-order valence-electron chi connectivity index (χ0n) is 14.9. The molecule has 0 amide bonds. The van der Waals surface area contributed by atoms with E-state index in [9.17, 15) is 0 Å². The van der Waals surface area contributed by atoms with Crippen molar-refractivity contribution in [2.45, 2.75) is 32.3 Å². The number of ether oxygens (including phenoxy) is 1. The van der Waals surface area contributed by atoms with Crippen LogP contribution in [0.25, 0.3) is 11.1 Å². The molecule has 8 nitrogen and oxygen atoms in total. The molecule has 1 aromatic carbocycles. The standard InChI is InChI=1S/C17H22N6O2/c1-17(2,3)11-5-6-13-12(9-11)18-16(25-13)23-7-8-24-14(10-23)15-19-20-21-22(15)4/h5-6,9,14H,7-8,10H2,1-4H3. The first-order chi connectivity index (χ1) is 11.9. The first kappa shape index (κ1) is 16.0. The highest BCUT2D eigenvalue weighted by atomic mass is 16.5. The van der Waals surface area contributed by atoms with Crippen LogP contribution in [0, 0.1) is 0 Å². The van der Waals surface area contributed by atoms with Gasteiger partial charge in [0.05, 0.1) is 13.2 Å². The number of anilines is 1. The van der Waals surface area contributed by atoms with Crippen LogP contribution in [0.15, 0.2) is 22.6 Å². The minimum absolute atomic E-state index is 0.0789. The van der Waals surface area contributed by atoms with E-state index in [1.54, 1.807) is 4.68 Å². The molecule has 1 fully saturated rings. The second-order valence-corrected chi connectivity index (χ2v) is 7.40. The van der Waals surface area contributed by atoms with Crippen molar-refractivity contribution in [1.29, 1.82) is 0 Å². The van der Waals surface area contributed by atoms with Crippen LogP contribution in [-0.2, 0) is 17.2 Å². The molecule has 8 heteroatoms. The molecule has 0 aliphatic carbocycles. The van der Waals surface area contributed by atoms with E-state index in [4.69, 9.17) is 14.1 Å². The lowest BCUT2D eigenvalue weighted by Gasteiger charge is -2.30. The molecular formula is C17H22N6O2. The maximum absolute atomic E-state index is 5.97. The topological polar surface area (TPSA) is 82.1 Å². The van der Waals surface area contributed by atoms with Crippen LogP contribution >= 0.6 is 0 Å². The van der Waals surface area contributed by atoms with Gasteiger partial charge in [-0.1, -0.05) is 26.8 Å². The first-order valence-electron chi connectivity index (χ1n) is 8.42. The summed E-state index contributed by atoms with van der Waals surface area (Å²) < 4.78 is 13.4. The first-order valence-corrected chi connectivity index (χ1v) is 8.42. The largest absolute Gasteiger partial charge is 0.423 e. The molecule has 25 heavy (non-hydrogen) atoms. The van der Waals surface area contributed by atoms with E-state index in [2.05, 4.69) is 53.3 Å². The summed E-state index contributed by atoms with van der Waals surface area (Å²) in [6, 6.07) is 6.82. The number of nitrogens with zero attached hydrogens (tertiary/aromatic N) is 6. The van der Waals surface area contributed by atoms with E-state index in [-0.39, 0.29) is 11.5 Å². The molecule has 3 aromatic rings. The second kappa shape index (κ2) is 5.80. The Morgan fingerprint density at radius 2 is 2.08 bits per heavy atom. The number of tetrazole rings is 1. The molecule has 1 unspecified atom stereocenters. The van der Waals surface area contributed by atoms with Gasteiger partial charge in [-0.2, -0.15) is 4.98 Å². The van der Waals surface area contributed by atoms with Crippen LogP contribution in [0.4, 0.5) is 6.01 Å². The average Bonchev–Trinajstić information content (AvgIpc) is 3.19. The predicted molar refractivity (Wildman–Crippen MR) is 92.4 cm³/mol. The lowest BCUT2D eigenvalue weighted by molar-refractivity contribution is 0.0300. The zero-order chi connectivity index (χ0) is 17.6. The van der Waals surface area contributed by atoms with Crippen molar-refractivity contribution in [3.05, 3.63) is 29.6 Å². The van der Waals surface area contributed by atoms with Gasteiger partial charge < -0.3 is 14.1 Å². The molecule has 1 saturated heterocycles. The molecular weight excluding hydrogens is 320 g/mol. The van der Waals surface area contributed by atoms with E-state index in [1.807, 2.05) is 13.1 Å². The fraction of sp³-hybridized carbons (Fsp3) is 0.529. The summed E-state index contributed by atoms with van der Waals surface area (Å²) in [7, 11) is 1.81. The molecule has 0 spiro atoms. The number of oxazole rings is 1. The van der Waals surface area contributed by atoms with Crippen molar-refractivity contribution in [2.24, 2.45) is 7.05 Å². The van der Waals surface area contributed by atoms with Crippen LogP contribution in [0.2, 0.25) is 0 Å². The lowest BCUT2D eigenvalue weighted by Crippen LogP contribution is -2.39. The molecule has 3 heterocycles. The molecule has 0 N–H and O–H groups in total. The predicted octanol–water partition coefficient (Wildman–Crippen LogP) is 2.23. The van der Waals surface area contributed by atoms with Gasteiger partial charge in [-0.25, -0.2) is 4.68 Å². The van der Waals surface area contributed by atoms with E-state index >= 15 is 0 Å². The van der Waals surface area contributed by atoms with Gasteiger partial charge >= 0.3 is 0 Å². The maximum atomic E-state index is 5.97. The average molecular weight is 342 g/mol. The van der Waals surface area contributed by atoms with Crippen LogP contribution in [-0.4, -0.2) is 44.9 Å². The number of fused-ring (bicyclic) bond motifs is 1. The molecule has 1 aliphatic heterocycles. The lowest BCUT2D eigenvalue weighted by atomic mass is 9.87. The van der Waals surface area contributed by atoms with Crippen molar-refractivity contribution < 1.29 is 9.15 Å². The van der Waals surface area contributed by atoms with Crippen molar-refractivity contribution in [2.75, 3.05) is 24.6 Å². The van der Waals surface area contributed by atoms with Gasteiger partial charge in [0.2, 0.25) is 0 Å². The Hall–Kier alpha value is -2.48. The summed E-state index contributed by atoms with van der Waals surface area (Å²) in [6.07, 6.45) is -0.200. The third-order valence-electron chi connectivity index (χ3n) is 4.52. The van der Waals surface area contributed by atoms with E-state index < -0.39 is 0 Å². The molecule has 4 rings (SSSR count). The quantitative estimate of drug-likeness (QED) is 0.706. The fourth-order valence-corrected chi connectivity index (χ4v) is 3.01. The van der Waals surface area contributed by atoms with Crippen LogP contribution < -0.4 is 4.90 Å². The SMILES string of the molecule is Cn1nnnc1C1CN(c2nc3cc(C(C)(C)C)ccc3o2)CCO1. The molecule has 132 valence electrons. The Labute approximate surface area is 145 Å². The number of rotatable bonds is 2. The summed E-state index contributed by atoms with van der Waals surface area (Å²) in [4.78, 5) is 6.78. The van der Waals surface area contributed by atoms with Crippen LogP contribution in [0.1, 0.15) is 38.3 Å². The minimum Gasteiger partial charge on any atom is -0.423 e. The highest BCUT2D eigenvalue weighted by Gasteiger charge is 2.28. The van der Waals surface area contributed by atoms with E-state index in [0.717, 1.165) is 17.6 Å². The van der Waals surface area contributed by atoms with Crippen molar-refractivity contribution in [3.63, 3.8) is 0 Å². The summed E-state index contributed by atoms with van der Waals surface area (Å²) in [5.41, 5.74) is 3.00. The summed E-state index contributed by atoms with van der Waals surface area (Å²) in [6.45, 7) is 8.47. The van der Waals surface area contributed by atoms with Crippen LogP contribution in [0.3, 0.4) is 0 Å². The van der Waals surface area contributed by atoms with E-state index in [0.29, 0.717) is 25.0 Å². The second-order valence-electron chi connectivity index (χ2n) is 7.40. The summed E-state index contributed by atoms with van der Waals surface area (Å²) in [5, 5.41) is 11.6. The van der Waals surface area contributed by atoms with Gasteiger partial charge in [0.15, 0.2) is 11.4 Å². The highest BCUT2D eigenvalue weighted by molar-refractivity contribution is 5.75. The summed E-state index contributed by atoms with van der Waals surface area (Å²) in [5.74, 6) is 0.704. The zero-order valence-corrected chi connectivity index (χ0v) is 14.9. The maximum Gasteiger partial charge on any atom is 0.298 e. The number of morpholine rings is 1. The van der Waals surface area contributed by atoms with Gasteiger partial charge in [-0.05, 0) is 33.5 Å². The number of aromatic nitrogens is 5. The number of aryl methyl sites for hydroxylation is 1. The molecule has 0 saturated carbocycles. The normalized spacial score (nSPS) is 18.9. The minimum atomic E-state index is -0.200. The highest BCUT2D eigenvalue weighted by Crippen LogP contribution is 2.30. The Balaban J connectivity index is 1.61. The Morgan fingerprint density at radius 1 is 1.24 bits per heavy atom. The number of benzene rings is 1. The molecule has 1 atom stereocenters. The fourth-order valence-electron chi connectivity index (χ4n) is 3.01. The third-order valence-corrected chi connectivity index (χ3v) is 4.52. The number of hydrogen-bond acceptors (Lipinski definition) is 7. The molecule has 0 radical (unpaired) electrons. The van der Waals surface area contributed by atoms with Gasteiger partial charge in [0.1, 0.15) is 11.6 Å². The van der Waals surface area contributed by atoms with Gasteiger partial charge in [-0.15, -0.1) is 5.10 Å². The van der Waals surface area contributed by atoms with E-state index in [1.165, 1.54) is 5.56 Å². The monoisotopic (exact) mass is 342 g/mol. The third kappa shape index (κ3) is 2.97.